The molecule has 12 heteroatoms. The fraction of sp³-hybridized carbons (Fsp3) is 0.421. The average Bonchev–Trinajstić information content (AvgIpc) is 3.20. The molecule has 0 spiro atoms. The number of likely N-dealkylation sites (N-methyl/N-ethyl adjacent to an activating group) is 1. The summed E-state index contributed by atoms with van der Waals surface area (Å²) in [5.74, 6) is -4.13. The maximum Gasteiger partial charge on any atom is 0.194 e. The smallest absolute Gasteiger partial charge is 0.194 e. The minimum absolute atomic E-state index is 0.0200. The van der Waals surface area contributed by atoms with Gasteiger partial charge in [0.15, 0.2) is 17.5 Å². The molecule has 1 aliphatic rings. The van der Waals surface area contributed by atoms with Crippen molar-refractivity contribution in [1.82, 2.24) is 19.9 Å². The number of ether oxygens (including phenoxy) is 1. The summed E-state index contributed by atoms with van der Waals surface area (Å²) in [5, 5.41) is 38.9. The lowest BCUT2D eigenvalue weighted by Crippen LogP contribution is -2.60. The number of hydrogen-bond acceptors (Lipinski definition) is 7. The Morgan fingerprint density at radius 3 is 2.45 bits per heavy atom. The molecule has 0 amide bonds. The molecule has 3 N–H and O–H groups in total. The van der Waals surface area contributed by atoms with Crippen LogP contribution in [-0.2, 0) is 4.74 Å². The van der Waals surface area contributed by atoms with Crippen LogP contribution in [0.3, 0.4) is 0 Å². The SMILES string of the molecule is C=CN=C([C@@H]1O[C@H](CO)[C@H](O)[C@H](n2cc(-c3cc(F)c(F)c(F)c3)nn2)[C@H]1O)N(C)C. The molecular weight excluding hydrogens is 419 g/mol. The van der Waals surface area contributed by atoms with Crippen molar-refractivity contribution in [2.24, 2.45) is 4.99 Å². The van der Waals surface area contributed by atoms with E-state index < -0.39 is 54.5 Å². The first-order valence-corrected chi connectivity index (χ1v) is 9.24. The molecule has 0 unspecified atom stereocenters. The van der Waals surface area contributed by atoms with E-state index in [-0.39, 0.29) is 17.1 Å². The van der Waals surface area contributed by atoms with Crippen LogP contribution in [-0.4, -0.2) is 86.2 Å². The van der Waals surface area contributed by atoms with Gasteiger partial charge in [-0.2, -0.15) is 0 Å². The Labute approximate surface area is 175 Å². The second-order valence-electron chi connectivity index (χ2n) is 7.15. The third kappa shape index (κ3) is 4.32. The van der Waals surface area contributed by atoms with E-state index in [1.807, 2.05) is 0 Å². The van der Waals surface area contributed by atoms with Crippen molar-refractivity contribution >= 4 is 5.84 Å². The monoisotopic (exact) mass is 441 g/mol. The standard InChI is InChI=1S/C19H22F3N5O4/c1-4-23-19(26(2)3)18-17(30)15(16(29)13(8-28)31-18)27-7-12(24-25-27)9-5-10(20)14(22)11(21)6-9/h4-7,13,15-18,28-30H,1,8H2,2-3H3/t13-,15+,16+,17-,18-/m1/s1. The van der Waals surface area contributed by atoms with E-state index in [9.17, 15) is 28.5 Å². The van der Waals surface area contributed by atoms with Gasteiger partial charge in [-0.1, -0.05) is 11.8 Å². The Hall–Kier alpha value is -2.80. The van der Waals surface area contributed by atoms with E-state index in [4.69, 9.17) is 4.74 Å². The Morgan fingerprint density at radius 1 is 1.26 bits per heavy atom. The van der Waals surface area contributed by atoms with Gasteiger partial charge in [-0.3, -0.25) is 0 Å². The molecular formula is C19H22F3N5O4. The van der Waals surface area contributed by atoms with Crippen LogP contribution in [0.25, 0.3) is 11.3 Å². The molecule has 0 radical (unpaired) electrons. The number of halogens is 3. The summed E-state index contributed by atoms with van der Waals surface area (Å²) in [6.07, 6.45) is -2.46. The Bertz CT molecular complexity index is 960. The predicted octanol–water partition coefficient (Wildman–Crippen LogP) is 0.489. The van der Waals surface area contributed by atoms with Crippen molar-refractivity contribution in [3.63, 3.8) is 0 Å². The third-order valence-corrected chi connectivity index (χ3v) is 4.92. The van der Waals surface area contributed by atoms with E-state index in [0.29, 0.717) is 0 Å². The summed E-state index contributed by atoms with van der Waals surface area (Å²) in [6.45, 7) is 2.96. The molecule has 1 aromatic heterocycles. The van der Waals surface area contributed by atoms with Crippen molar-refractivity contribution in [2.45, 2.75) is 30.5 Å². The molecule has 2 heterocycles. The summed E-state index contributed by atoms with van der Waals surface area (Å²) >= 11 is 0. The lowest BCUT2D eigenvalue weighted by Gasteiger charge is -2.43. The molecule has 0 saturated carbocycles. The summed E-state index contributed by atoms with van der Waals surface area (Å²) in [6, 6.07) is 0.357. The van der Waals surface area contributed by atoms with E-state index in [1.165, 1.54) is 12.4 Å². The van der Waals surface area contributed by atoms with Crippen LogP contribution in [0.2, 0.25) is 0 Å². The zero-order valence-electron chi connectivity index (χ0n) is 16.7. The third-order valence-electron chi connectivity index (χ3n) is 4.92. The van der Waals surface area contributed by atoms with Gasteiger partial charge in [-0.05, 0) is 12.1 Å². The van der Waals surface area contributed by atoms with Crippen LogP contribution in [0.4, 0.5) is 13.2 Å². The molecule has 31 heavy (non-hydrogen) atoms. The molecule has 1 fully saturated rings. The maximum absolute atomic E-state index is 13.6. The first kappa shape index (κ1) is 22.9. The molecule has 9 nitrogen and oxygen atoms in total. The maximum atomic E-state index is 13.6. The van der Waals surface area contributed by atoms with Crippen molar-refractivity contribution < 1.29 is 33.2 Å². The number of aromatic nitrogens is 3. The van der Waals surface area contributed by atoms with Crippen molar-refractivity contribution in [1.29, 1.82) is 0 Å². The average molecular weight is 441 g/mol. The molecule has 1 aliphatic heterocycles. The van der Waals surface area contributed by atoms with Gasteiger partial charge in [0.1, 0.15) is 42.0 Å². The largest absolute Gasteiger partial charge is 0.394 e. The number of amidine groups is 1. The molecule has 1 saturated heterocycles. The summed E-state index contributed by atoms with van der Waals surface area (Å²) in [5.41, 5.74) is -0.107. The van der Waals surface area contributed by atoms with E-state index in [2.05, 4.69) is 21.9 Å². The first-order chi connectivity index (χ1) is 14.7. The Kier molecular flexibility index (Phi) is 6.74. The molecule has 2 aromatic rings. The molecule has 5 atom stereocenters. The van der Waals surface area contributed by atoms with E-state index in [1.54, 1.807) is 19.0 Å². The molecule has 168 valence electrons. The minimum Gasteiger partial charge on any atom is -0.394 e. The first-order valence-electron chi connectivity index (χ1n) is 9.24. The van der Waals surface area contributed by atoms with Crippen LogP contribution in [0.1, 0.15) is 6.04 Å². The highest BCUT2D eigenvalue weighted by Gasteiger charge is 2.48. The molecule has 0 aliphatic carbocycles. The second kappa shape index (κ2) is 9.14. The van der Waals surface area contributed by atoms with Gasteiger partial charge in [-0.15, -0.1) is 5.10 Å². The number of rotatable bonds is 5. The summed E-state index contributed by atoms with van der Waals surface area (Å²) in [7, 11) is 3.33. The van der Waals surface area contributed by atoms with Crippen molar-refractivity contribution in [3.05, 3.63) is 48.6 Å². The normalized spacial score (nSPS) is 26.7. The fourth-order valence-corrected chi connectivity index (χ4v) is 3.42. The van der Waals surface area contributed by atoms with Gasteiger partial charge >= 0.3 is 0 Å². The van der Waals surface area contributed by atoms with Crippen LogP contribution in [0, 0.1) is 17.5 Å². The van der Waals surface area contributed by atoms with Crippen molar-refractivity contribution in [2.75, 3.05) is 20.7 Å². The number of hydrogen-bond donors (Lipinski definition) is 3. The number of aliphatic hydroxyl groups excluding tert-OH is 3. The predicted molar refractivity (Wildman–Crippen MR) is 103 cm³/mol. The highest BCUT2D eigenvalue weighted by molar-refractivity contribution is 5.87. The van der Waals surface area contributed by atoms with Gasteiger partial charge in [-0.25, -0.2) is 22.8 Å². The Balaban J connectivity index is 2.00. The van der Waals surface area contributed by atoms with Crippen LogP contribution in [0.5, 0.6) is 0 Å². The van der Waals surface area contributed by atoms with Gasteiger partial charge in [0, 0.05) is 25.9 Å². The van der Waals surface area contributed by atoms with Crippen LogP contribution >= 0.6 is 0 Å². The summed E-state index contributed by atoms with van der Waals surface area (Å²) in [4.78, 5) is 5.67. The van der Waals surface area contributed by atoms with Gasteiger partial charge in [0.2, 0.25) is 0 Å². The Morgan fingerprint density at radius 2 is 1.90 bits per heavy atom. The fourth-order valence-electron chi connectivity index (χ4n) is 3.42. The lowest BCUT2D eigenvalue weighted by atomic mass is 9.91. The quantitative estimate of drug-likeness (QED) is 0.351. The number of aliphatic hydroxyl groups is 3. The topological polar surface area (TPSA) is 116 Å². The number of benzene rings is 1. The molecule has 3 rings (SSSR count). The summed E-state index contributed by atoms with van der Waals surface area (Å²) < 4.78 is 47.1. The minimum atomic E-state index is -1.61. The molecule has 1 aromatic carbocycles. The van der Waals surface area contributed by atoms with Gasteiger partial charge < -0.3 is 25.0 Å². The van der Waals surface area contributed by atoms with E-state index >= 15 is 0 Å². The second-order valence-corrected chi connectivity index (χ2v) is 7.15. The zero-order chi connectivity index (χ0) is 22.9. The highest BCUT2D eigenvalue weighted by Crippen LogP contribution is 2.32. The zero-order valence-corrected chi connectivity index (χ0v) is 16.7. The van der Waals surface area contributed by atoms with Crippen LogP contribution in [0.15, 0.2) is 36.1 Å². The number of aliphatic imine (C=N–C) groups is 1. The number of nitrogens with zero attached hydrogens (tertiary/aromatic N) is 5. The van der Waals surface area contributed by atoms with E-state index in [0.717, 1.165) is 16.8 Å². The lowest BCUT2D eigenvalue weighted by molar-refractivity contribution is -0.187. The van der Waals surface area contributed by atoms with Crippen molar-refractivity contribution in [3.8, 4) is 11.3 Å². The van der Waals surface area contributed by atoms with Gasteiger partial charge in [0.05, 0.1) is 12.8 Å². The van der Waals surface area contributed by atoms with Crippen LogP contribution < -0.4 is 0 Å². The highest BCUT2D eigenvalue weighted by atomic mass is 19.2. The van der Waals surface area contributed by atoms with Gasteiger partial charge in [0.25, 0.3) is 0 Å². The molecule has 0 bridgehead atoms.